The molecule has 178 valence electrons. The SMILES string of the molecule is CC1(C)C=Cc2cc(Nc3cc(-c4ccc(-c5ccccc5)cc4)c4oc5ccccc5c4c3)ccc21. The van der Waals surface area contributed by atoms with Gasteiger partial charge in [-0.3, -0.25) is 0 Å². The van der Waals surface area contributed by atoms with Gasteiger partial charge in [-0.15, -0.1) is 0 Å². The lowest BCUT2D eigenvalue weighted by atomic mass is 9.87. The van der Waals surface area contributed by atoms with E-state index in [1.807, 2.05) is 18.2 Å². The van der Waals surface area contributed by atoms with Crippen LogP contribution in [0.25, 0.3) is 50.3 Å². The molecular weight excluding hydrogens is 450 g/mol. The summed E-state index contributed by atoms with van der Waals surface area (Å²) in [5, 5.41) is 5.92. The molecule has 37 heavy (non-hydrogen) atoms. The van der Waals surface area contributed by atoms with E-state index in [2.05, 4.69) is 122 Å². The maximum Gasteiger partial charge on any atom is 0.143 e. The maximum atomic E-state index is 6.40. The summed E-state index contributed by atoms with van der Waals surface area (Å²) in [4.78, 5) is 0. The van der Waals surface area contributed by atoms with Crippen LogP contribution in [0.15, 0.2) is 120 Å². The largest absolute Gasteiger partial charge is 0.455 e. The Morgan fingerprint density at radius 3 is 2.19 bits per heavy atom. The van der Waals surface area contributed by atoms with Crippen LogP contribution in [0, 0.1) is 0 Å². The topological polar surface area (TPSA) is 25.2 Å². The fourth-order valence-corrected chi connectivity index (χ4v) is 5.51. The molecule has 0 fully saturated rings. The van der Waals surface area contributed by atoms with Crippen molar-refractivity contribution in [3.63, 3.8) is 0 Å². The molecule has 0 unspecified atom stereocenters. The maximum absolute atomic E-state index is 6.40. The third-order valence-corrected chi connectivity index (χ3v) is 7.50. The summed E-state index contributed by atoms with van der Waals surface area (Å²) in [5.74, 6) is 0. The van der Waals surface area contributed by atoms with E-state index in [-0.39, 0.29) is 5.41 Å². The third kappa shape index (κ3) is 3.73. The number of para-hydroxylation sites is 1. The molecule has 2 nitrogen and oxygen atoms in total. The van der Waals surface area contributed by atoms with Gasteiger partial charge in [0.2, 0.25) is 0 Å². The normalized spacial score (nSPS) is 13.8. The minimum atomic E-state index is 0.0849. The lowest BCUT2D eigenvalue weighted by Gasteiger charge is -2.18. The van der Waals surface area contributed by atoms with Gasteiger partial charge in [-0.05, 0) is 58.1 Å². The summed E-state index contributed by atoms with van der Waals surface area (Å²) < 4.78 is 6.40. The van der Waals surface area contributed by atoms with Crippen LogP contribution in [0.1, 0.15) is 25.0 Å². The first-order valence-electron chi connectivity index (χ1n) is 12.8. The summed E-state index contributed by atoms with van der Waals surface area (Å²) in [5.41, 5.74) is 11.3. The van der Waals surface area contributed by atoms with Crippen LogP contribution in [0.3, 0.4) is 0 Å². The van der Waals surface area contributed by atoms with Crippen molar-refractivity contribution in [2.45, 2.75) is 19.3 Å². The minimum absolute atomic E-state index is 0.0849. The third-order valence-electron chi connectivity index (χ3n) is 7.50. The molecule has 7 rings (SSSR count). The van der Waals surface area contributed by atoms with E-state index >= 15 is 0 Å². The summed E-state index contributed by atoms with van der Waals surface area (Å²) in [6.45, 7) is 4.52. The number of hydrogen-bond donors (Lipinski definition) is 1. The van der Waals surface area contributed by atoms with Gasteiger partial charge in [-0.25, -0.2) is 0 Å². The molecular formula is C35H27NO. The minimum Gasteiger partial charge on any atom is -0.455 e. The first-order valence-corrected chi connectivity index (χ1v) is 12.8. The second kappa shape index (κ2) is 8.25. The van der Waals surface area contributed by atoms with Crippen molar-refractivity contribution in [3.8, 4) is 22.3 Å². The summed E-state index contributed by atoms with van der Waals surface area (Å²) in [7, 11) is 0. The first kappa shape index (κ1) is 21.7. The van der Waals surface area contributed by atoms with E-state index in [9.17, 15) is 0 Å². The summed E-state index contributed by atoms with van der Waals surface area (Å²) >= 11 is 0. The van der Waals surface area contributed by atoms with Crippen LogP contribution < -0.4 is 5.32 Å². The van der Waals surface area contributed by atoms with Crippen LogP contribution >= 0.6 is 0 Å². The fourth-order valence-electron chi connectivity index (χ4n) is 5.51. The molecule has 1 aliphatic rings. The molecule has 0 saturated heterocycles. The lowest BCUT2D eigenvalue weighted by molar-refractivity contribution is 0.670. The molecule has 1 aliphatic carbocycles. The Hall–Kier alpha value is -4.56. The zero-order valence-corrected chi connectivity index (χ0v) is 21.0. The highest BCUT2D eigenvalue weighted by atomic mass is 16.3. The van der Waals surface area contributed by atoms with E-state index < -0.39 is 0 Å². The highest BCUT2D eigenvalue weighted by Gasteiger charge is 2.24. The standard InChI is InChI=1S/C35H27NO/c1-35(2)19-18-26-20-27(16-17-32(26)35)36-28-21-30(34-31(22-28)29-10-6-7-11-33(29)37-34)25-14-12-24(13-15-25)23-8-4-3-5-9-23/h3-22,36H,1-2H3. The molecule has 2 heteroatoms. The van der Waals surface area contributed by atoms with E-state index in [1.165, 1.54) is 22.3 Å². The zero-order valence-electron chi connectivity index (χ0n) is 21.0. The van der Waals surface area contributed by atoms with Crippen molar-refractivity contribution in [1.82, 2.24) is 0 Å². The second-order valence-corrected chi connectivity index (χ2v) is 10.4. The Morgan fingerprint density at radius 1 is 0.622 bits per heavy atom. The number of fused-ring (bicyclic) bond motifs is 4. The number of benzene rings is 5. The predicted octanol–water partition coefficient (Wildman–Crippen LogP) is 9.97. The summed E-state index contributed by atoms with van der Waals surface area (Å²) in [6, 6.07) is 38.6. The molecule has 1 heterocycles. The van der Waals surface area contributed by atoms with E-state index in [0.717, 1.165) is 44.4 Å². The number of furan rings is 1. The number of anilines is 2. The van der Waals surface area contributed by atoms with Crippen LogP contribution in [-0.4, -0.2) is 0 Å². The van der Waals surface area contributed by atoms with Gasteiger partial charge in [-0.2, -0.15) is 0 Å². The van der Waals surface area contributed by atoms with Crippen molar-refractivity contribution in [1.29, 1.82) is 0 Å². The van der Waals surface area contributed by atoms with Crippen LogP contribution in [-0.2, 0) is 5.41 Å². The highest BCUT2D eigenvalue weighted by molar-refractivity contribution is 6.11. The van der Waals surface area contributed by atoms with Crippen molar-refractivity contribution >= 4 is 39.4 Å². The first-order chi connectivity index (χ1) is 18.0. The Bertz CT molecular complexity index is 1800. The molecule has 5 aromatic carbocycles. The van der Waals surface area contributed by atoms with Gasteiger partial charge < -0.3 is 9.73 Å². The van der Waals surface area contributed by atoms with Gasteiger partial charge >= 0.3 is 0 Å². The van der Waals surface area contributed by atoms with Crippen LogP contribution in [0.4, 0.5) is 11.4 Å². The van der Waals surface area contributed by atoms with Crippen molar-refractivity contribution in [3.05, 3.63) is 126 Å². The molecule has 0 radical (unpaired) electrons. The molecule has 0 spiro atoms. The van der Waals surface area contributed by atoms with E-state index in [4.69, 9.17) is 4.42 Å². The summed E-state index contributed by atoms with van der Waals surface area (Å²) in [6.07, 6.45) is 4.51. The van der Waals surface area contributed by atoms with Gasteiger partial charge in [0.1, 0.15) is 11.2 Å². The van der Waals surface area contributed by atoms with Crippen LogP contribution in [0.2, 0.25) is 0 Å². The van der Waals surface area contributed by atoms with Gasteiger partial charge in [0, 0.05) is 33.1 Å². The van der Waals surface area contributed by atoms with Gasteiger partial charge in [0.25, 0.3) is 0 Å². The fraction of sp³-hybridized carbons (Fsp3) is 0.0857. The number of rotatable bonds is 4. The quantitative estimate of drug-likeness (QED) is 0.273. The Kier molecular flexibility index (Phi) is 4.84. The zero-order chi connectivity index (χ0) is 25.0. The van der Waals surface area contributed by atoms with Crippen molar-refractivity contribution in [2.75, 3.05) is 5.32 Å². The Morgan fingerprint density at radius 2 is 1.35 bits per heavy atom. The Balaban J connectivity index is 1.34. The second-order valence-electron chi connectivity index (χ2n) is 10.4. The molecule has 1 N–H and O–H groups in total. The average molecular weight is 478 g/mol. The lowest BCUT2D eigenvalue weighted by Crippen LogP contribution is -2.10. The molecule has 0 atom stereocenters. The number of nitrogens with one attached hydrogen (secondary N) is 1. The van der Waals surface area contributed by atoms with Gasteiger partial charge in [0.05, 0.1) is 0 Å². The monoisotopic (exact) mass is 477 g/mol. The molecule has 1 aromatic heterocycles. The molecule has 0 amide bonds. The van der Waals surface area contributed by atoms with E-state index in [0.29, 0.717) is 0 Å². The molecule has 0 aliphatic heterocycles. The molecule has 0 saturated carbocycles. The Labute approximate surface area is 216 Å². The highest BCUT2D eigenvalue weighted by Crippen LogP contribution is 2.41. The van der Waals surface area contributed by atoms with Crippen LogP contribution in [0.5, 0.6) is 0 Å². The van der Waals surface area contributed by atoms with Crippen molar-refractivity contribution in [2.24, 2.45) is 0 Å². The van der Waals surface area contributed by atoms with E-state index in [1.54, 1.807) is 0 Å². The molecule has 0 bridgehead atoms. The van der Waals surface area contributed by atoms with Crippen molar-refractivity contribution < 1.29 is 4.42 Å². The number of allylic oxidation sites excluding steroid dienone is 1. The average Bonchev–Trinajstić information content (AvgIpc) is 3.45. The smallest absolute Gasteiger partial charge is 0.143 e. The van der Waals surface area contributed by atoms with Gasteiger partial charge in [0.15, 0.2) is 0 Å². The van der Waals surface area contributed by atoms with Gasteiger partial charge in [-0.1, -0.05) is 105 Å². The number of hydrogen-bond acceptors (Lipinski definition) is 2. The molecule has 6 aromatic rings. The predicted molar refractivity (Wildman–Crippen MR) is 156 cm³/mol.